The highest BCUT2D eigenvalue weighted by atomic mass is 19.1. The number of halogens is 2. The summed E-state index contributed by atoms with van der Waals surface area (Å²) in [5.74, 6) is -0.665. The number of benzene rings is 1. The first kappa shape index (κ1) is 13.1. The van der Waals surface area contributed by atoms with E-state index in [-0.39, 0.29) is 12.5 Å². The van der Waals surface area contributed by atoms with Crippen molar-refractivity contribution >= 4 is 0 Å². The van der Waals surface area contributed by atoms with Crippen LogP contribution in [0.5, 0.6) is 0 Å². The Hall–Kier alpha value is -0.960. The quantitative estimate of drug-likeness (QED) is 0.839. The van der Waals surface area contributed by atoms with Crippen LogP contribution in [-0.4, -0.2) is 11.7 Å². The molecule has 1 nitrogen and oxygen atoms in total. The normalized spacial score (nSPS) is 15.2. The number of aliphatic hydroxyl groups excluding tert-OH is 1. The molecular weight excluding hydrogens is 210 g/mol. The van der Waals surface area contributed by atoms with E-state index >= 15 is 0 Å². The van der Waals surface area contributed by atoms with Crippen LogP contribution in [0.15, 0.2) is 18.2 Å². The molecular formula is C13H18F2O. The summed E-state index contributed by atoms with van der Waals surface area (Å²) in [5.41, 5.74) is -0.0977. The molecule has 1 aromatic carbocycles. The van der Waals surface area contributed by atoms with E-state index in [0.29, 0.717) is 12.0 Å². The molecule has 0 aliphatic heterocycles. The molecule has 1 unspecified atom stereocenters. The topological polar surface area (TPSA) is 20.2 Å². The van der Waals surface area contributed by atoms with E-state index in [1.165, 1.54) is 6.07 Å². The molecule has 0 fully saturated rings. The third-order valence-electron chi connectivity index (χ3n) is 3.36. The van der Waals surface area contributed by atoms with E-state index < -0.39 is 17.0 Å². The Bertz CT molecular complexity index is 363. The van der Waals surface area contributed by atoms with Gasteiger partial charge in [-0.05, 0) is 41.5 Å². The number of aliphatic hydroxyl groups is 1. The van der Waals surface area contributed by atoms with Gasteiger partial charge in [-0.2, -0.15) is 0 Å². The minimum Gasteiger partial charge on any atom is -0.396 e. The zero-order valence-corrected chi connectivity index (χ0v) is 9.93. The molecule has 0 heterocycles. The summed E-state index contributed by atoms with van der Waals surface area (Å²) in [6, 6.07) is 3.43. The highest BCUT2D eigenvalue weighted by Gasteiger charge is 2.29. The Kier molecular flexibility index (Phi) is 4.03. The van der Waals surface area contributed by atoms with Crippen LogP contribution in [-0.2, 0) is 6.42 Å². The lowest BCUT2D eigenvalue weighted by atomic mass is 9.75. The first-order valence-electron chi connectivity index (χ1n) is 5.44. The summed E-state index contributed by atoms with van der Waals surface area (Å²) in [7, 11) is 0. The van der Waals surface area contributed by atoms with E-state index in [2.05, 4.69) is 0 Å². The summed E-state index contributed by atoms with van der Waals surface area (Å²) in [5, 5.41) is 9.36. The van der Waals surface area contributed by atoms with Crippen LogP contribution in [0, 0.1) is 23.0 Å². The van der Waals surface area contributed by atoms with Gasteiger partial charge in [-0.3, -0.25) is 0 Å². The molecule has 0 saturated heterocycles. The fraction of sp³-hybridized carbons (Fsp3) is 0.538. The molecule has 1 aromatic rings. The fourth-order valence-corrected chi connectivity index (χ4v) is 1.56. The average molecular weight is 228 g/mol. The standard InChI is InChI=1S/C13H18F2O/c1-9(2)13(3,8-16)7-10-6-11(14)4-5-12(10)15/h4-6,9,16H,7-8H2,1-3H3. The van der Waals surface area contributed by atoms with Gasteiger partial charge in [0.1, 0.15) is 11.6 Å². The highest BCUT2D eigenvalue weighted by molar-refractivity contribution is 5.20. The summed E-state index contributed by atoms with van der Waals surface area (Å²) in [6.07, 6.45) is 0.338. The lowest BCUT2D eigenvalue weighted by molar-refractivity contribution is 0.0938. The minimum absolute atomic E-state index is 0.0411. The van der Waals surface area contributed by atoms with Crippen molar-refractivity contribution in [3.05, 3.63) is 35.4 Å². The highest BCUT2D eigenvalue weighted by Crippen LogP contribution is 2.31. The molecule has 0 aromatic heterocycles. The Balaban J connectivity index is 2.98. The van der Waals surface area contributed by atoms with Gasteiger partial charge in [0.15, 0.2) is 0 Å². The monoisotopic (exact) mass is 228 g/mol. The molecule has 3 heteroatoms. The van der Waals surface area contributed by atoms with E-state index in [4.69, 9.17) is 0 Å². The second kappa shape index (κ2) is 4.91. The van der Waals surface area contributed by atoms with Gasteiger partial charge < -0.3 is 5.11 Å². The number of rotatable bonds is 4. The van der Waals surface area contributed by atoms with Gasteiger partial charge in [-0.15, -0.1) is 0 Å². The fourth-order valence-electron chi connectivity index (χ4n) is 1.56. The van der Waals surface area contributed by atoms with E-state index in [0.717, 1.165) is 12.1 Å². The Morgan fingerprint density at radius 1 is 1.31 bits per heavy atom. The van der Waals surface area contributed by atoms with Gasteiger partial charge in [-0.1, -0.05) is 20.8 Å². The van der Waals surface area contributed by atoms with Crippen molar-refractivity contribution in [3.8, 4) is 0 Å². The second-order valence-corrected chi connectivity index (χ2v) is 4.88. The van der Waals surface area contributed by atoms with Crippen LogP contribution < -0.4 is 0 Å². The van der Waals surface area contributed by atoms with Crippen molar-refractivity contribution in [2.24, 2.45) is 11.3 Å². The van der Waals surface area contributed by atoms with E-state index in [1.54, 1.807) is 0 Å². The maximum Gasteiger partial charge on any atom is 0.126 e. The van der Waals surface area contributed by atoms with Crippen molar-refractivity contribution in [3.63, 3.8) is 0 Å². The Morgan fingerprint density at radius 2 is 1.94 bits per heavy atom. The molecule has 1 N–H and O–H groups in total. The first-order valence-corrected chi connectivity index (χ1v) is 5.44. The molecule has 0 spiro atoms. The van der Waals surface area contributed by atoms with E-state index in [1.807, 2.05) is 20.8 Å². The van der Waals surface area contributed by atoms with Crippen LogP contribution in [0.3, 0.4) is 0 Å². The SMILES string of the molecule is CC(C)C(C)(CO)Cc1cc(F)ccc1F. The second-order valence-electron chi connectivity index (χ2n) is 4.88. The number of hydrogen-bond donors (Lipinski definition) is 1. The summed E-state index contributed by atoms with van der Waals surface area (Å²) >= 11 is 0. The minimum atomic E-state index is -0.444. The van der Waals surface area contributed by atoms with Crippen LogP contribution in [0.25, 0.3) is 0 Å². The third kappa shape index (κ3) is 2.79. The zero-order valence-electron chi connectivity index (χ0n) is 9.93. The van der Waals surface area contributed by atoms with Crippen molar-refractivity contribution in [2.45, 2.75) is 27.2 Å². The van der Waals surface area contributed by atoms with Crippen LogP contribution in [0.1, 0.15) is 26.3 Å². The van der Waals surface area contributed by atoms with E-state index in [9.17, 15) is 13.9 Å². The van der Waals surface area contributed by atoms with Gasteiger partial charge in [0.2, 0.25) is 0 Å². The zero-order chi connectivity index (χ0) is 12.3. The lowest BCUT2D eigenvalue weighted by Gasteiger charge is -2.32. The Morgan fingerprint density at radius 3 is 2.44 bits per heavy atom. The van der Waals surface area contributed by atoms with Crippen molar-refractivity contribution in [1.82, 2.24) is 0 Å². The molecule has 0 radical (unpaired) electrons. The maximum absolute atomic E-state index is 13.5. The summed E-state index contributed by atoms with van der Waals surface area (Å²) in [4.78, 5) is 0. The van der Waals surface area contributed by atoms with Gasteiger partial charge in [0.05, 0.1) is 0 Å². The molecule has 1 rings (SSSR count). The lowest BCUT2D eigenvalue weighted by Crippen LogP contribution is -2.30. The summed E-state index contributed by atoms with van der Waals surface area (Å²) < 4.78 is 26.4. The van der Waals surface area contributed by atoms with Crippen LogP contribution in [0.2, 0.25) is 0 Å². The maximum atomic E-state index is 13.5. The molecule has 0 aliphatic rings. The third-order valence-corrected chi connectivity index (χ3v) is 3.36. The molecule has 0 bridgehead atoms. The van der Waals surface area contributed by atoms with Crippen LogP contribution in [0.4, 0.5) is 8.78 Å². The Labute approximate surface area is 95.1 Å². The molecule has 16 heavy (non-hydrogen) atoms. The molecule has 0 amide bonds. The predicted molar refractivity (Wildman–Crippen MR) is 60.1 cm³/mol. The smallest absolute Gasteiger partial charge is 0.126 e. The molecule has 1 atom stereocenters. The molecule has 0 saturated carbocycles. The van der Waals surface area contributed by atoms with Crippen LogP contribution >= 0.6 is 0 Å². The van der Waals surface area contributed by atoms with Gasteiger partial charge in [-0.25, -0.2) is 8.78 Å². The van der Waals surface area contributed by atoms with Gasteiger partial charge >= 0.3 is 0 Å². The largest absolute Gasteiger partial charge is 0.396 e. The van der Waals surface area contributed by atoms with Gasteiger partial charge in [0, 0.05) is 6.61 Å². The predicted octanol–water partition coefficient (Wildman–Crippen LogP) is 3.16. The molecule has 90 valence electrons. The van der Waals surface area contributed by atoms with Crippen molar-refractivity contribution in [2.75, 3.05) is 6.61 Å². The van der Waals surface area contributed by atoms with Crippen molar-refractivity contribution in [1.29, 1.82) is 0 Å². The average Bonchev–Trinajstić information content (AvgIpc) is 2.23. The first-order chi connectivity index (χ1) is 7.39. The number of hydrogen-bond acceptors (Lipinski definition) is 1. The van der Waals surface area contributed by atoms with Gasteiger partial charge in [0.25, 0.3) is 0 Å². The summed E-state index contributed by atoms with van der Waals surface area (Å²) in [6.45, 7) is 5.77. The molecule has 0 aliphatic carbocycles. The van der Waals surface area contributed by atoms with Crippen molar-refractivity contribution < 1.29 is 13.9 Å².